The van der Waals surface area contributed by atoms with Crippen LogP contribution in [0.4, 0.5) is 13.2 Å². The van der Waals surface area contributed by atoms with Gasteiger partial charge in [-0.2, -0.15) is 13.2 Å². The SMILES string of the molecule is CC#C[C@@](O)(c1ccccc1)C(F)(F)F. The molecule has 1 N–H and O–H groups in total. The molecule has 0 amide bonds. The Labute approximate surface area is 85.5 Å². The van der Waals surface area contributed by atoms with Crippen molar-refractivity contribution in [3.63, 3.8) is 0 Å². The van der Waals surface area contributed by atoms with Crippen LogP contribution in [0.2, 0.25) is 0 Å². The number of halogens is 3. The molecule has 1 atom stereocenters. The van der Waals surface area contributed by atoms with E-state index in [9.17, 15) is 18.3 Å². The summed E-state index contributed by atoms with van der Waals surface area (Å²) < 4.78 is 37.9. The van der Waals surface area contributed by atoms with Gasteiger partial charge in [-0.15, -0.1) is 5.92 Å². The van der Waals surface area contributed by atoms with Gasteiger partial charge in [-0.25, -0.2) is 0 Å². The van der Waals surface area contributed by atoms with Gasteiger partial charge in [0.1, 0.15) is 0 Å². The van der Waals surface area contributed by atoms with Gasteiger partial charge >= 0.3 is 6.18 Å². The minimum Gasteiger partial charge on any atom is -0.366 e. The Kier molecular flexibility index (Phi) is 3.06. The molecule has 0 fully saturated rings. The predicted octanol–water partition coefficient (Wildman–Crippen LogP) is 2.46. The third kappa shape index (κ3) is 2.13. The first kappa shape index (κ1) is 11.6. The highest BCUT2D eigenvalue weighted by atomic mass is 19.4. The number of alkyl halides is 3. The number of rotatable bonds is 1. The highest BCUT2D eigenvalue weighted by Crippen LogP contribution is 2.38. The minimum absolute atomic E-state index is 0.271. The number of benzene rings is 1. The lowest BCUT2D eigenvalue weighted by Crippen LogP contribution is -2.40. The van der Waals surface area contributed by atoms with Crippen molar-refractivity contribution in [2.45, 2.75) is 18.7 Å². The van der Waals surface area contributed by atoms with Crippen molar-refractivity contribution >= 4 is 0 Å². The maximum atomic E-state index is 12.6. The molecule has 1 aromatic carbocycles. The van der Waals surface area contributed by atoms with E-state index in [1.807, 2.05) is 0 Å². The Morgan fingerprint density at radius 3 is 2.07 bits per heavy atom. The quantitative estimate of drug-likeness (QED) is 0.712. The Balaban J connectivity index is 3.30. The fraction of sp³-hybridized carbons (Fsp3) is 0.273. The van der Waals surface area contributed by atoms with Gasteiger partial charge in [-0.05, 0) is 6.92 Å². The molecular weight excluding hydrogens is 205 g/mol. The summed E-state index contributed by atoms with van der Waals surface area (Å²) in [5.74, 6) is 3.89. The molecule has 1 aromatic rings. The van der Waals surface area contributed by atoms with E-state index < -0.39 is 11.8 Å². The second-order valence-corrected chi connectivity index (χ2v) is 2.95. The third-order valence-electron chi connectivity index (χ3n) is 1.91. The van der Waals surface area contributed by atoms with E-state index in [4.69, 9.17) is 0 Å². The lowest BCUT2D eigenvalue weighted by Gasteiger charge is -2.25. The number of hydrogen-bond donors (Lipinski definition) is 1. The molecule has 0 unspecified atom stereocenters. The van der Waals surface area contributed by atoms with Crippen molar-refractivity contribution in [2.24, 2.45) is 0 Å². The maximum Gasteiger partial charge on any atom is 0.433 e. The van der Waals surface area contributed by atoms with E-state index in [1.165, 1.54) is 31.2 Å². The fourth-order valence-electron chi connectivity index (χ4n) is 1.17. The normalized spacial score (nSPS) is 15.0. The summed E-state index contributed by atoms with van der Waals surface area (Å²) >= 11 is 0. The average Bonchev–Trinajstić information content (AvgIpc) is 2.18. The number of aliphatic hydroxyl groups is 1. The molecule has 0 aromatic heterocycles. The maximum absolute atomic E-state index is 12.6. The summed E-state index contributed by atoms with van der Waals surface area (Å²) in [5, 5.41) is 9.52. The van der Waals surface area contributed by atoms with Crippen LogP contribution in [0.1, 0.15) is 12.5 Å². The van der Waals surface area contributed by atoms with Crippen LogP contribution in [0.25, 0.3) is 0 Å². The van der Waals surface area contributed by atoms with E-state index in [2.05, 4.69) is 5.92 Å². The van der Waals surface area contributed by atoms with Gasteiger partial charge in [0.15, 0.2) is 0 Å². The third-order valence-corrected chi connectivity index (χ3v) is 1.91. The minimum atomic E-state index is -4.81. The summed E-state index contributed by atoms with van der Waals surface area (Å²) in [6.45, 7) is 1.25. The van der Waals surface area contributed by atoms with Crippen LogP contribution in [0.15, 0.2) is 30.3 Å². The van der Waals surface area contributed by atoms with Crippen LogP contribution in [-0.2, 0) is 5.60 Å². The molecule has 0 radical (unpaired) electrons. The van der Waals surface area contributed by atoms with Gasteiger partial charge in [0.2, 0.25) is 5.60 Å². The smallest absolute Gasteiger partial charge is 0.366 e. The molecule has 0 bridgehead atoms. The molecule has 0 spiro atoms. The van der Waals surface area contributed by atoms with Gasteiger partial charge < -0.3 is 5.11 Å². The molecule has 0 aliphatic carbocycles. The highest BCUT2D eigenvalue weighted by Gasteiger charge is 2.54. The second kappa shape index (κ2) is 3.95. The average molecular weight is 214 g/mol. The first-order chi connectivity index (χ1) is 6.92. The highest BCUT2D eigenvalue weighted by molar-refractivity contribution is 5.33. The molecule has 0 heterocycles. The van der Waals surface area contributed by atoms with Crippen molar-refractivity contribution < 1.29 is 18.3 Å². The zero-order valence-electron chi connectivity index (χ0n) is 7.97. The van der Waals surface area contributed by atoms with Gasteiger partial charge in [0, 0.05) is 5.56 Å². The van der Waals surface area contributed by atoms with Crippen molar-refractivity contribution in [1.29, 1.82) is 0 Å². The topological polar surface area (TPSA) is 20.2 Å². The molecule has 0 saturated carbocycles. The molecule has 80 valence electrons. The van der Waals surface area contributed by atoms with Crippen molar-refractivity contribution in [1.82, 2.24) is 0 Å². The lowest BCUT2D eigenvalue weighted by molar-refractivity contribution is -0.240. The zero-order chi connectivity index (χ0) is 11.5. The van der Waals surface area contributed by atoms with Crippen LogP contribution >= 0.6 is 0 Å². The summed E-state index contributed by atoms with van der Waals surface area (Å²) in [5.41, 5.74) is -3.35. The van der Waals surface area contributed by atoms with E-state index >= 15 is 0 Å². The Bertz CT molecular complexity index is 386. The van der Waals surface area contributed by atoms with Gasteiger partial charge in [-0.1, -0.05) is 36.3 Å². The molecule has 1 nitrogen and oxygen atoms in total. The lowest BCUT2D eigenvalue weighted by atomic mass is 9.94. The fourth-order valence-corrected chi connectivity index (χ4v) is 1.17. The van der Waals surface area contributed by atoms with Gasteiger partial charge in [0.05, 0.1) is 0 Å². The summed E-state index contributed by atoms with van der Waals surface area (Å²) in [4.78, 5) is 0. The molecular formula is C11H9F3O. The van der Waals surface area contributed by atoms with Gasteiger partial charge in [0.25, 0.3) is 0 Å². The van der Waals surface area contributed by atoms with Crippen LogP contribution in [0.5, 0.6) is 0 Å². The summed E-state index contributed by atoms with van der Waals surface area (Å²) in [6, 6.07) is 6.79. The summed E-state index contributed by atoms with van der Waals surface area (Å²) in [6.07, 6.45) is -4.81. The van der Waals surface area contributed by atoms with Crippen LogP contribution in [0.3, 0.4) is 0 Å². The van der Waals surface area contributed by atoms with Crippen molar-refractivity contribution in [3.8, 4) is 11.8 Å². The monoisotopic (exact) mass is 214 g/mol. The molecule has 1 rings (SSSR count). The Hall–Kier alpha value is -1.47. The first-order valence-electron chi connectivity index (χ1n) is 4.20. The van der Waals surface area contributed by atoms with Crippen LogP contribution in [0, 0.1) is 11.8 Å². The molecule has 15 heavy (non-hydrogen) atoms. The standard InChI is InChI=1S/C11H9F3O/c1-2-8-10(15,11(12,13)14)9-6-4-3-5-7-9/h3-7,15H,1H3/t10-/m1/s1. The first-order valence-corrected chi connectivity index (χ1v) is 4.20. The van der Waals surface area contributed by atoms with E-state index in [0.29, 0.717) is 0 Å². The predicted molar refractivity (Wildman–Crippen MR) is 49.8 cm³/mol. The van der Waals surface area contributed by atoms with Crippen molar-refractivity contribution in [3.05, 3.63) is 35.9 Å². The largest absolute Gasteiger partial charge is 0.433 e. The Morgan fingerprint density at radius 1 is 1.13 bits per heavy atom. The van der Waals surface area contributed by atoms with Crippen LogP contribution < -0.4 is 0 Å². The molecule has 0 aliphatic rings. The molecule has 0 saturated heterocycles. The van der Waals surface area contributed by atoms with E-state index in [-0.39, 0.29) is 5.56 Å². The van der Waals surface area contributed by atoms with E-state index in [0.717, 1.165) is 0 Å². The molecule has 0 aliphatic heterocycles. The van der Waals surface area contributed by atoms with E-state index in [1.54, 1.807) is 12.0 Å². The number of hydrogen-bond acceptors (Lipinski definition) is 1. The summed E-state index contributed by atoms with van der Waals surface area (Å²) in [7, 11) is 0. The Morgan fingerprint density at radius 2 is 1.67 bits per heavy atom. The second-order valence-electron chi connectivity index (χ2n) is 2.95. The van der Waals surface area contributed by atoms with Crippen molar-refractivity contribution in [2.75, 3.05) is 0 Å². The zero-order valence-corrected chi connectivity index (χ0v) is 7.97. The van der Waals surface area contributed by atoms with Gasteiger partial charge in [-0.3, -0.25) is 0 Å². The van der Waals surface area contributed by atoms with Crippen LogP contribution in [-0.4, -0.2) is 11.3 Å². The molecule has 4 heteroatoms.